The quantitative estimate of drug-likeness (QED) is 0.217. The number of anilines is 1. The van der Waals surface area contributed by atoms with E-state index in [1.54, 1.807) is 13.0 Å². The number of carbonyl (C=O) groups excluding carboxylic acids is 3. The van der Waals surface area contributed by atoms with E-state index < -0.39 is 33.5 Å². The molecule has 1 aliphatic heterocycles. The lowest BCUT2D eigenvalue weighted by molar-refractivity contribution is -0.122. The molecule has 190 valence electrons. The van der Waals surface area contributed by atoms with E-state index in [0.717, 1.165) is 16.5 Å². The summed E-state index contributed by atoms with van der Waals surface area (Å²) < 4.78 is 30.3. The van der Waals surface area contributed by atoms with Crippen molar-refractivity contribution in [3.8, 4) is 5.75 Å². The first-order valence-corrected chi connectivity index (χ1v) is 13.2. The number of nitrogens with one attached hydrogen (secondary N) is 1. The molecule has 0 atom stereocenters. The molecular weight excluding hydrogens is 586 g/mol. The van der Waals surface area contributed by atoms with E-state index in [-0.39, 0.29) is 31.9 Å². The third-order valence-corrected chi connectivity index (χ3v) is 7.60. The Morgan fingerprint density at radius 2 is 1.49 bits per heavy atom. The van der Waals surface area contributed by atoms with Gasteiger partial charge in [0.15, 0.2) is 5.75 Å². The van der Waals surface area contributed by atoms with Crippen molar-refractivity contribution >= 4 is 86.1 Å². The van der Waals surface area contributed by atoms with Crippen LogP contribution in [-0.4, -0.2) is 26.3 Å². The minimum atomic E-state index is -4.30. The van der Waals surface area contributed by atoms with Crippen LogP contribution < -0.4 is 14.4 Å². The molecule has 4 amide bonds. The summed E-state index contributed by atoms with van der Waals surface area (Å²) in [7, 11) is -4.30. The van der Waals surface area contributed by atoms with Crippen LogP contribution in [0, 0.1) is 6.92 Å². The SMILES string of the molecule is Cc1ccc(N2C(=O)NC(=O)/C(=C\c3cc(Cl)c(OS(=O)(=O)c4ccc(Cl)cc4)c(Cl)c3)C2=O)cc1Cl. The van der Waals surface area contributed by atoms with Crippen molar-refractivity contribution in [2.75, 3.05) is 4.90 Å². The van der Waals surface area contributed by atoms with E-state index in [1.807, 2.05) is 0 Å². The summed E-state index contributed by atoms with van der Waals surface area (Å²) in [6, 6.07) is 11.3. The Kier molecular flexibility index (Phi) is 7.55. The highest BCUT2D eigenvalue weighted by atomic mass is 35.5. The summed E-state index contributed by atoms with van der Waals surface area (Å²) in [6.45, 7) is 1.75. The number of benzene rings is 3. The zero-order chi connectivity index (χ0) is 27.1. The lowest BCUT2D eigenvalue weighted by Crippen LogP contribution is -2.54. The van der Waals surface area contributed by atoms with E-state index in [9.17, 15) is 22.8 Å². The first kappa shape index (κ1) is 27.0. The monoisotopic (exact) mass is 598 g/mol. The zero-order valence-electron chi connectivity index (χ0n) is 18.6. The zero-order valence-corrected chi connectivity index (χ0v) is 22.4. The number of urea groups is 1. The molecule has 0 saturated carbocycles. The van der Waals surface area contributed by atoms with Gasteiger partial charge >= 0.3 is 16.1 Å². The minimum Gasteiger partial charge on any atom is -0.376 e. The maximum absolute atomic E-state index is 13.1. The van der Waals surface area contributed by atoms with Crippen LogP contribution in [0.4, 0.5) is 10.5 Å². The molecule has 13 heteroatoms. The van der Waals surface area contributed by atoms with Crippen molar-refractivity contribution in [1.29, 1.82) is 0 Å². The number of halogens is 4. The smallest absolute Gasteiger partial charge is 0.339 e. The van der Waals surface area contributed by atoms with Crippen molar-refractivity contribution in [2.45, 2.75) is 11.8 Å². The van der Waals surface area contributed by atoms with Crippen molar-refractivity contribution in [2.24, 2.45) is 0 Å². The van der Waals surface area contributed by atoms with Gasteiger partial charge in [-0.1, -0.05) is 52.5 Å². The van der Waals surface area contributed by atoms with Gasteiger partial charge in [-0.25, -0.2) is 9.69 Å². The molecule has 0 aromatic heterocycles. The van der Waals surface area contributed by atoms with Crippen LogP contribution in [-0.2, 0) is 19.7 Å². The third-order valence-electron chi connectivity index (χ3n) is 5.14. The molecular formula is C24H14Cl4N2O6S. The van der Waals surface area contributed by atoms with Gasteiger partial charge in [0.1, 0.15) is 10.5 Å². The molecule has 1 aliphatic rings. The van der Waals surface area contributed by atoms with Gasteiger partial charge in [0.2, 0.25) is 0 Å². The minimum absolute atomic E-state index is 0.156. The van der Waals surface area contributed by atoms with Crippen LogP contribution in [0.5, 0.6) is 5.75 Å². The van der Waals surface area contributed by atoms with Crippen molar-refractivity contribution < 1.29 is 27.0 Å². The maximum atomic E-state index is 13.1. The number of imide groups is 2. The van der Waals surface area contributed by atoms with Gasteiger partial charge in [0.25, 0.3) is 11.8 Å². The molecule has 8 nitrogen and oxygen atoms in total. The highest BCUT2D eigenvalue weighted by Gasteiger charge is 2.37. The van der Waals surface area contributed by atoms with Gasteiger partial charge in [0, 0.05) is 10.0 Å². The predicted molar refractivity (Wildman–Crippen MR) is 141 cm³/mol. The van der Waals surface area contributed by atoms with E-state index >= 15 is 0 Å². The molecule has 3 aromatic rings. The van der Waals surface area contributed by atoms with E-state index in [4.69, 9.17) is 50.6 Å². The number of amides is 4. The second kappa shape index (κ2) is 10.4. The Hall–Kier alpha value is -3.08. The van der Waals surface area contributed by atoms with Gasteiger partial charge in [-0.05, 0) is 72.7 Å². The van der Waals surface area contributed by atoms with Crippen LogP contribution in [0.1, 0.15) is 11.1 Å². The number of aryl methyl sites for hydroxylation is 1. The number of nitrogens with zero attached hydrogens (tertiary/aromatic N) is 1. The summed E-state index contributed by atoms with van der Waals surface area (Å²) in [5.41, 5.74) is 0.655. The number of hydrogen-bond donors (Lipinski definition) is 1. The van der Waals surface area contributed by atoms with Crippen LogP contribution in [0.3, 0.4) is 0 Å². The number of carbonyl (C=O) groups is 3. The summed E-state index contributed by atoms with van der Waals surface area (Å²) >= 11 is 24.4. The maximum Gasteiger partial charge on any atom is 0.339 e. The Balaban J connectivity index is 1.67. The van der Waals surface area contributed by atoms with Crippen molar-refractivity contribution in [3.05, 3.63) is 91.4 Å². The van der Waals surface area contributed by atoms with Crippen LogP contribution in [0.2, 0.25) is 20.1 Å². The standard InChI is InChI=1S/C24H14Cl4N2O6S/c1-12-2-5-15(11-18(12)26)30-23(32)17(22(31)29-24(30)33)8-13-9-19(27)21(20(28)10-13)36-37(34,35)16-6-3-14(25)4-7-16/h2-11H,1H3,(H,29,31,33)/b17-8+. The summed E-state index contributed by atoms with van der Waals surface area (Å²) in [6.07, 6.45) is 1.15. The fourth-order valence-corrected chi connectivity index (χ4v) is 5.22. The van der Waals surface area contributed by atoms with E-state index in [1.165, 1.54) is 48.5 Å². The van der Waals surface area contributed by atoms with Crippen LogP contribution in [0.15, 0.2) is 65.1 Å². The highest BCUT2D eigenvalue weighted by Crippen LogP contribution is 2.37. The van der Waals surface area contributed by atoms with Gasteiger partial charge in [-0.15, -0.1) is 0 Å². The molecule has 0 spiro atoms. The first-order chi connectivity index (χ1) is 17.4. The number of rotatable bonds is 5. The Labute approximate surface area is 231 Å². The predicted octanol–water partition coefficient (Wildman–Crippen LogP) is 6.04. The lowest BCUT2D eigenvalue weighted by Gasteiger charge is -2.26. The molecule has 3 aromatic carbocycles. The highest BCUT2D eigenvalue weighted by molar-refractivity contribution is 7.87. The Morgan fingerprint density at radius 1 is 0.865 bits per heavy atom. The average molecular weight is 600 g/mol. The molecule has 1 heterocycles. The normalized spacial score (nSPS) is 15.2. The second-order valence-corrected chi connectivity index (χ2v) is 10.9. The van der Waals surface area contributed by atoms with Crippen LogP contribution >= 0.6 is 46.4 Å². The summed E-state index contributed by atoms with van der Waals surface area (Å²) in [5.74, 6) is -2.21. The molecule has 0 radical (unpaired) electrons. The van der Waals surface area contributed by atoms with Crippen molar-refractivity contribution in [3.63, 3.8) is 0 Å². The van der Waals surface area contributed by atoms with Gasteiger partial charge in [-0.2, -0.15) is 8.42 Å². The molecule has 0 bridgehead atoms. The molecule has 0 aliphatic carbocycles. The van der Waals surface area contributed by atoms with E-state index in [0.29, 0.717) is 10.0 Å². The number of barbiturate groups is 1. The first-order valence-electron chi connectivity index (χ1n) is 10.2. The molecule has 0 unspecified atom stereocenters. The molecule has 4 rings (SSSR count). The fraction of sp³-hybridized carbons (Fsp3) is 0.0417. The fourth-order valence-electron chi connectivity index (χ4n) is 3.28. The lowest BCUT2D eigenvalue weighted by atomic mass is 10.1. The average Bonchev–Trinajstić information content (AvgIpc) is 2.81. The summed E-state index contributed by atoms with van der Waals surface area (Å²) in [5, 5.41) is 2.33. The van der Waals surface area contributed by atoms with Gasteiger partial charge < -0.3 is 4.18 Å². The topological polar surface area (TPSA) is 110 Å². The number of hydrogen-bond acceptors (Lipinski definition) is 6. The Morgan fingerprint density at radius 3 is 2.08 bits per heavy atom. The molecule has 1 N–H and O–H groups in total. The van der Waals surface area contributed by atoms with Crippen molar-refractivity contribution in [1.82, 2.24) is 5.32 Å². The third kappa shape index (κ3) is 5.61. The largest absolute Gasteiger partial charge is 0.376 e. The van der Waals surface area contributed by atoms with Gasteiger partial charge in [0.05, 0.1) is 15.7 Å². The second-order valence-electron chi connectivity index (χ2n) is 7.70. The molecule has 37 heavy (non-hydrogen) atoms. The Bertz CT molecular complexity index is 1580. The van der Waals surface area contributed by atoms with E-state index in [2.05, 4.69) is 5.32 Å². The molecule has 1 saturated heterocycles. The molecule has 1 fully saturated rings. The summed E-state index contributed by atoms with van der Waals surface area (Å²) in [4.78, 5) is 38.6. The van der Waals surface area contributed by atoms with Gasteiger partial charge in [-0.3, -0.25) is 14.9 Å². The van der Waals surface area contributed by atoms with Crippen LogP contribution in [0.25, 0.3) is 6.08 Å².